The molecule has 0 radical (unpaired) electrons. The number of aliphatic hydroxyl groups is 2. The summed E-state index contributed by atoms with van der Waals surface area (Å²) in [5.74, 6) is -4.57. The molecule has 0 aliphatic heterocycles. The van der Waals surface area contributed by atoms with Crippen molar-refractivity contribution in [1.29, 1.82) is 0 Å². The summed E-state index contributed by atoms with van der Waals surface area (Å²) in [6.07, 6.45) is 104. The van der Waals surface area contributed by atoms with Gasteiger partial charge in [0.05, 0.1) is 0 Å². The van der Waals surface area contributed by atoms with Crippen LogP contribution in [0, 0.1) is 0 Å². The molecular formula is C96H181AlO12Ti. The van der Waals surface area contributed by atoms with Crippen molar-refractivity contribution in [3.05, 3.63) is 60.8 Å². The van der Waals surface area contributed by atoms with Crippen LogP contribution in [0.15, 0.2) is 60.8 Å². The van der Waals surface area contributed by atoms with Gasteiger partial charge in [-0.3, -0.25) is 0 Å². The molecule has 0 aliphatic carbocycles. The normalized spacial score (nSPS) is 10.9. The second-order valence-electron chi connectivity index (χ2n) is 30.7. The minimum atomic E-state index is -0.914. The van der Waals surface area contributed by atoms with Gasteiger partial charge in [0, 0.05) is 42.1 Å². The van der Waals surface area contributed by atoms with Crippen LogP contribution in [0.4, 0.5) is 0 Å². The van der Waals surface area contributed by atoms with E-state index in [2.05, 4.69) is 95.4 Å². The Kier molecular flexibility index (Phi) is 139. The van der Waals surface area contributed by atoms with E-state index in [-0.39, 0.29) is 83.4 Å². The van der Waals surface area contributed by atoms with E-state index in [0.29, 0.717) is 0 Å². The summed E-state index contributed by atoms with van der Waals surface area (Å²) < 4.78 is 0. The zero-order valence-corrected chi connectivity index (χ0v) is 76.7. The molecule has 0 aliphatic rings. The first-order valence-corrected chi connectivity index (χ1v) is 45.9. The molecule has 0 fully saturated rings. The Hall–Kier alpha value is -2.78. The summed E-state index contributed by atoms with van der Waals surface area (Å²) in [5, 5.41) is 67.2. The molecule has 12 nitrogen and oxygen atoms in total. The van der Waals surface area contributed by atoms with Crippen molar-refractivity contribution in [2.75, 3.05) is 0 Å². The number of rotatable bonds is 75. The van der Waals surface area contributed by atoms with Crippen LogP contribution in [0.3, 0.4) is 0 Å². The minimum Gasteiger partial charge on any atom is -0.550 e. The molecule has 0 saturated heterocycles. The van der Waals surface area contributed by atoms with Crippen LogP contribution < -0.4 is 25.5 Å². The van der Waals surface area contributed by atoms with E-state index in [4.69, 9.17) is 10.2 Å². The summed E-state index contributed by atoms with van der Waals surface area (Å²) in [4.78, 5) is 51.1. The third kappa shape index (κ3) is 169. The average molecular weight is 1600 g/mol. The van der Waals surface area contributed by atoms with Crippen molar-refractivity contribution in [2.45, 2.75) is 524 Å². The van der Waals surface area contributed by atoms with Crippen molar-refractivity contribution in [1.82, 2.24) is 0 Å². The summed E-state index contributed by atoms with van der Waals surface area (Å²) in [6, 6.07) is 0. The van der Waals surface area contributed by atoms with E-state index in [9.17, 15) is 49.5 Å². The Labute approximate surface area is 708 Å². The second-order valence-corrected chi connectivity index (χ2v) is 30.7. The van der Waals surface area contributed by atoms with Gasteiger partial charge in [-0.25, -0.2) is 0 Å². The maximum atomic E-state index is 10.2. The molecule has 0 amide bonds. The summed E-state index contributed by atoms with van der Waals surface area (Å²) >= 11 is 0. The first-order valence-electron chi connectivity index (χ1n) is 45.9. The first-order chi connectivity index (χ1) is 52.3. The van der Waals surface area contributed by atoms with Crippen molar-refractivity contribution in [2.24, 2.45) is 0 Å². The van der Waals surface area contributed by atoms with Crippen LogP contribution in [0.2, 0.25) is 0 Å². The van der Waals surface area contributed by atoms with Gasteiger partial charge in [-0.1, -0.05) is 352 Å². The molecule has 14 heteroatoms. The topological polar surface area (TPSA) is 241 Å². The Balaban J connectivity index is -0.000000160. The van der Waals surface area contributed by atoms with Gasteiger partial charge in [0.15, 0.2) is 0 Å². The third-order valence-corrected chi connectivity index (χ3v) is 18.2. The van der Waals surface area contributed by atoms with Crippen molar-refractivity contribution in [3.63, 3.8) is 0 Å². The predicted octanol–water partition coefficient (Wildman–Crippen LogP) is 24.3. The standard InChI is InChI=1S/5C18H34O2.2C3H8O.Al.Ti/c5*1-2-3-4-5-6-7-8-9-10-11-12-13-14-15-16-17-18(19)20;2*1-3(2)4;;/h5*9-10H,2-8,11-17H2,1H3,(H,19,20);2*3-4H,1-2H3;;/q;;;;;;;+3;+2/p-5/b5*10-9-;;;;. The number of hydrogen-bond acceptors (Lipinski definition) is 12. The second kappa shape index (κ2) is 122. The molecule has 0 aromatic heterocycles. The van der Waals surface area contributed by atoms with E-state index in [1.807, 2.05) is 0 Å². The van der Waals surface area contributed by atoms with Gasteiger partial charge < -0.3 is 59.7 Å². The average Bonchev–Trinajstić information content (AvgIpc) is 3.10. The Morgan fingerprint density at radius 3 is 0.373 bits per heavy atom. The van der Waals surface area contributed by atoms with Crippen molar-refractivity contribution >= 4 is 47.2 Å². The summed E-state index contributed by atoms with van der Waals surface area (Å²) in [6.45, 7) is 18.2. The quantitative estimate of drug-likeness (QED) is 0.0328. The van der Waals surface area contributed by atoms with Gasteiger partial charge in [-0.15, -0.1) is 0 Å². The SMILES string of the molecule is CC(C)O.CC(C)O.CCCCCCCC/C=C\CCCCCCCC(=O)[O-].CCCCCCCC/C=C\CCCCCCCC(=O)[O-].CCCCCCCC/C=C\CCCCCCCC(=O)[O-].CCCCCCCC/C=C\CCCCCCCC(=O)[O-].CCCCCCCC/C=C\CCCCCCCC(=O)[O-].[Al+3].[Ti+2]. The molecule has 644 valence electrons. The molecule has 0 aromatic rings. The Morgan fingerprint density at radius 1 is 0.200 bits per heavy atom. The number of carboxylic acid groups (broad SMARTS) is 5. The van der Waals surface area contributed by atoms with E-state index in [1.165, 1.54) is 321 Å². The molecule has 0 atom stereocenters. The number of unbranched alkanes of at least 4 members (excludes halogenated alkanes) is 55. The van der Waals surface area contributed by atoms with Crippen LogP contribution >= 0.6 is 0 Å². The van der Waals surface area contributed by atoms with Gasteiger partial charge in [0.1, 0.15) is 0 Å². The molecule has 0 rings (SSSR count). The van der Waals surface area contributed by atoms with Crippen LogP contribution in [0.5, 0.6) is 0 Å². The van der Waals surface area contributed by atoms with Gasteiger partial charge in [-0.2, -0.15) is 0 Å². The number of carbonyl (C=O) groups excluding carboxylic acids is 5. The van der Waals surface area contributed by atoms with Crippen molar-refractivity contribution in [3.8, 4) is 0 Å². The van der Waals surface area contributed by atoms with E-state index in [1.54, 1.807) is 27.7 Å². The number of hydrogen-bond donors (Lipinski definition) is 2. The Bertz CT molecular complexity index is 1570. The van der Waals surface area contributed by atoms with Crippen LogP contribution in [0.25, 0.3) is 0 Å². The number of carbonyl (C=O) groups is 5. The molecule has 110 heavy (non-hydrogen) atoms. The molecule has 0 spiro atoms. The van der Waals surface area contributed by atoms with E-state index >= 15 is 0 Å². The monoisotopic (exact) mass is 1600 g/mol. The van der Waals surface area contributed by atoms with E-state index in [0.717, 1.165) is 96.3 Å². The van der Waals surface area contributed by atoms with Gasteiger partial charge in [0.25, 0.3) is 0 Å². The molecule has 0 unspecified atom stereocenters. The largest absolute Gasteiger partial charge is 3.00 e. The third-order valence-electron chi connectivity index (χ3n) is 18.2. The molecule has 0 bridgehead atoms. The maximum absolute atomic E-state index is 10.2. The summed E-state index contributed by atoms with van der Waals surface area (Å²) in [7, 11) is 0. The predicted molar refractivity (Wildman–Crippen MR) is 463 cm³/mol. The minimum absolute atomic E-state index is 0. The van der Waals surface area contributed by atoms with Crippen LogP contribution in [-0.2, 0) is 45.7 Å². The molecule has 0 aromatic carbocycles. The van der Waals surface area contributed by atoms with E-state index < -0.39 is 29.8 Å². The number of allylic oxidation sites excluding steroid dienone is 10. The Morgan fingerprint density at radius 2 is 0.282 bits per heavy atom. The van der Waals surface area contributed by atoms with Crippen molar-refractivity contribution < 1.29 is 81.4 Å². The molecule has 0 saturated carbocycles. The number of aliphatic carboxylic acids is 5. The zero-order chi connectivity index (χ0) is 81.6. The fraction of sp³-hybridized carbons (Fsp3) is 0.844. The first kappa shape index (κ1) is 125. The number of carboxylic acids is 5. The molecular weight excluding hydrogens is 1420 g/mol. The zero-order valence-electron chi connectivity index (χ0n) is 74.0. The molecule has 0 heterocycles. The van der Waals surface area contributed by atoms with Crippen LogP contribution in [-0.4, -0.2) is 69.6 Å². The van der Waals surface area contributed by atoms with Gasteiger partial charge in [0.2, 0.25) is 0 Å². The smallest absolute Gasteiger partial charge is 0.550 e. The fourth-order valence-electron chi connectivity index (χ4n) is 11.7. The molecule has 2 N–H and O–H groups in total. The van der Waals surface area contributed by atoms with Gasteiger partial charge >= 0.3 is 39.1 Å². The van der Waals surface area contributed by atoms with Crippen LogP contribution in [0.1, 0.15) is 512 Å². The van der Waals surface area contributed by atoms with Gasteiger partial charge in [-0.05, 0) is 220 Å². The maximum Gasteiger partial charge on any atom is 3.00 e. The fourth-order valence-corrected chi connectivity index (χ4v) is 11.7. The number of aliphatic hydroxyl groups excluding tert-OH is 2. The summed E-state index contributed by atoms with van der Waals surface area (Å²) in [5.41, 5.74) is 0.